The minimum atomic E-state index is 0.0116. The van der Waals surface area contributed by atoms with E-state index in [1.807, 2.05) is 96.3 Å². The van der Waals surface area contributed by atoms with Gasteiger partial charge >= 0.3 is 0 Å². The van der Waals surface area contributed by atoms with E-state index < -0.39 is 0 Å². The zero-order valence-electron chi connectivity index (χ0n) is 42.5. The van der Waals surface area contributed by atoms with Crippen molar-refractivity contribution >= 4 is 39.7 Å². The fourth-order valence-corrected chi connectivity index (χ4v) is 8.85. The highest BCUT2D eigenvalue weighted by molar-refractivity contribution is 6.04. The van der Waals surface area contributed by atoms with E-state index >= 15 is 0 Å². The van der Waals surface area contributed by atoms with Gasteiger partial charge in [-0.15, -0.1) is 0 Å². The Morgan fingerprint density at radius 2 is 0.611 bits per heavy atom. The predicted octanol–water partition coefficient (Wildman–Crippen LogP) is 4.42. The highest BCUT2D eigenvalue weighted by Gasteiger charge is 2.20. The maximum atomic E-state index is 9.40. The van der Waals surface area contributed by atoms with Crippen molar-refractivity contribution in [3.05, 3.63) is 179 Å². The van der Waals surface area contributed by atoms with Gasteiger partial charge in [-0.3, -0.25) is 0 Å². The molecular weight excluding hydrogens is 909 g/mol. The first-order valence-electron chi connectivity index (χ1n) is 24.7. The SMILES string of the molecule is CN(C)c1ccc(C(c2ccc(N(CCO)CCO)cc2)c2ccc(N(CCO)CCO)cc2)cc1.C[N+](C)=C1C=CC(=C(c2ccc(N(CCO)CCO)cc2)c2ccc(N(CCO)CCO)cc2)C=C1. The molecule has 386 valence electrons. The summed E-state index contributed by atoms with van der Waals surface area (Å²) in [5.74, 6) is 0.0116. The molecule has 0 atom stereocenters. The summed E-state index contributed by atoms with van der Waals surface area (Å²) >= 11 is 0. The molecular formula is C58H77N6O8+. The minimum Gasteiger partial charge on any atom is -0.395 e. The molecule has 5 aromatic rings. The van der Waals surface area contributed by atoms with Crippen LogP contribution in [0.5, 0.6) is 0 Å². The number of allylic oxidation sites excluding steroid dienone is 5. The zero-order chi connectivity index (χ0) is 51.8. The molecule has 14 heteroatoms. The molecule has 0 aromatic heterocycles. The number of rotatable bonds is 26. The van der Waals surface area contributed by atoms with Crippen molar-refractivity contribution in [3.8, 4) is 0 Å². The average Bonchev–Trinajstić information content (AvgIpc) is 3.40. The molecule has 1 aliphatic rings. The van der Waals surface area contributed by atoms with Crippen LogP contribution < -0.4 is 24.5 Å². The van der Waals surface area contributed by atoms with Crippen LogP contribution in [0.25, 0.3) is 5.57 Å². The number of benzene rings is 5. The second-order valence-electron chi connectivity index (χ2n) is 17.7. The van der Waals surface area contributed by atoms with Crippen molar-refractivity contribution in [2.75, 3.05) is 158 Å². The molecule has 0 spiro atoms. The summed E-state index contributed by atoms with van der Waals surface area (Å²) < 4.78 is 2.07. The number of aliphatic hydroxyl groups excluding tert-OH is 8. The van der Waals surface area contributed by atoms with E-state index in [0.717, 1.165) is 67.5 Å². The van der Waals surface area contributed by atoms with Crippen LogP contribution in [0.2, 0.25) is 0 Å². The van der Waals surface area contributed by atoms with Gasteiger partial charge in [-0.05, 0) is 112 Å². The molecule has 6 rings (SSSR count). The van der Waals surface area contributed by atoms with Gasteiger partial charge in [0, 0.05) is 113 Å². The lowest BCUT2D eigenvalue weighted by Gasteiger charge is -2.26. The Hall–Kier alpha value is -6.33. The van der Waals surface area contributed by atoms with Crippen molar-refractivity contribution in [2.45, 2.75) is 5.92 Å². The van der Waals surface area contributed by atoms with Crippen LogP contribution in [0.1, 0.15) is 33.7 Å². The van der Waals surface area contributed by atoms with Crippen LogP contribution in [0.4, 0.5) is 28.4 Å². The summed E-state index contributed by atoms with van der Waals surface area (Å²) in [6.07, 6.45) is 8.46. The van der Waals surface area contributed by atoms with Gasteiger partial charge in [0.05, 0.1) is 52.9 Å². The van der Waals surface area contributed by atoms with E-state index in [1.54, 1.807) is 0 Å². The van der Waals surface area contributed by atoms with Gasteiger partial charge in [0.25, 0.3) is 0 Å². The average molecular weight is 986 g/mol. The van der Waals surface area contributed by atoms with Gasteiger partial charge in [-0.1, -0.05) is 60.7 Å². The molecule has 0 aliphatic heterocycles. The highest BCUT2D eigenvalue weighted by atomic mass is 16.3. The zero-order valence-corrected chi connectivity index (χ0v) is 42.5. The Balaban J connectivity index is 0.000000267. The smallest absolute Gasteiger partial charge is 0.199 e. The van der Waals surface area contributed by atoms with Crippen molar-refractivity contribution < 1.29 is 45.4 Å². The molecule has 0 heterocycles. The summed E-state index contributed by atoms with van der Waals surface area (Å²) in [6, 6.07) is 41.6. The molecule has 8 N–H and O–H groups in total. The van der Waals surface area contributed by atoms with Crippen molar-refractivity contribution in [1.29, 1.82) is 0 Å². The van der Waals surface area contributed by atoms with Crippen molar-refractivity contribution in [1.82, 2.24) is 0 Å². The van der Waals surface area contributed by atoms with E-state index in [-0.39, 0.29) is 58.8 Å². The number of hydrogen-bond donors (Lipinski definition) is 8. The number of anilines is 5. The van der Waals surface area contributed by atoms with E-state index in [1.165, 1.54) is 5.56 Å². The summed E-state index contributed by atoms with van der Waals surface area (Å²) in [7, 11) is 8.09. The standard InChI is InChI=1S/C29H39N3O4.C29H38N3O4/c2*1-30(2)26-9-3-23(4-10-26)29(24-5-11-27(12-6-24)31(15-19-33)16-20-34)25-7-13-28(14-8-25)32(17-21-35)18-22-36/h3-14,29,33-36H,15-22H2,1-2H3;3-14,33-36H,15-22H2,1-2H3/q;+1. The molecule has 72 heavy (non-hydrogen) atoms. The fourth-order valence-electron chi connectivity index (χ4n) is 8.85. The van der Waals surface area contributed by atoms with E-state index in [4.69, 9.17) is 0 Å². The Labute approximate surface area is 426 Å². The lowest BCUT2D eigenvalue weighted by Crippen LogP contribution is -2.29. The monoisotopic (exact) mass is 986 g/mol. The van der Waals surface area contributed by atoms with Crippen LogP contribution >= 0.6 is 0 Å². The molecule has 5 aromatic carbocycles. The summed E-state index contributed by atoms with van der Waals surface area (Å²) in [6.45, 7) is 3.90. The summed E-state index contributed by atoms with van der Waals surface area (Å²) in [4.78, 5) is 9.94. The summed E-state index contributed by atoms with van der Waals surface area (Å²) in [5, 5.41) is 75.2. The molecule has 0 fully saturated rings. The molecule has 0 bridgehead atoms. The van der Waals surface area contributed by atoms with Gasteiger partial charge in [-0.2, -0.15) is 0 Å². The second-order valence-corrected chi connectivity index (χ2v) is 17.7. The Kier molecular flexibility index (Phi) is 23.5. The Morgan fingerprint density at radius 3 is 0.847 bits per heavy atom. The third-order valence-electron chi connectivity index (χ3n) is 12.6. The highest BCUT2D eigenvalue weighted by Crippen LogP contribution is 2.36. The van der Waals surface area contributed by atoms with E-state index in [9.17, 15) is 40.9 Å². The van der Waals surface area contributed by atoms with Gasteiger partial charge in [0.15, 0.2) is 5.71 Å². The maximum absolute atomic E-state index is 9.40. The lowest BCUT2D eigenvalue weighted by atomic mass is 9.85. The lowest BCUT2D eigenvalue weighted by molar-refractivity contribution is -0.462. The molecule has 0 saturated heterocycles. The largest absolute Gasteiger partial charge is 0.395 e. The van der Waals surface area contributed by atoms with Gasteiger partial charge in [0.1, 0.15) is 14.1 Å². The molecule has 0 radical (unpaired) electrons. The summed E-state index contributed by atoms with van der Waals surface area (Å²) in [5.41, 5.74) is 13.8. The molecule has 0 saturated carbocycles. The number of nitrogens with zero attached hydrogens (tertiary/aromatic N) is 6. The molecule has 14 nitrogen and oxygen atoms in total. The normalized spacial score (nSPS) is 11.9. The van der Waals surface area contributed by atoms with Crippen LogP contribution in [-0.2, 0) is 0 Å². The first-order chi connectivity index (χ1) is 35.0. The minimum absolute atomic E-state index is 0.0116. The van der Waals surface area contributed by atoms with Crippen molar-refractivity contribution in [2.24, 2.45) is 0 Å². The van der Waals surface area contributed by atoms with Gasteiger partial charge < -0.3 is 65.4 Å². The van der Waals surface area contributed by atoms with Crippen molar-refractivity contribution in [3.63, 3.8) is 0 Å². The van der Waals surface area contributed by atoms with E-state index in [2.05, 4.69) is 107 Å². The predicted molar refractivity (Wildman–Crippen MR) is 294 cm³/mol. The van der Waals surface area contributed by atoms with Crippen LogP contribution in [0.3, 0.4) is 0 Å². The number of hydrogen-bond acceptors (Lipinski definition) is 13. The Morgan fingerprint density at radius 1 is 0.361 bits per heavy atom. The first-order valence-corrected chi connectivity index (χ1v) is 24.7. The first kappa shape index (κ1) is 56.6. The fraction of sp³-hybridized carbons (Fsp3) is 0.362. The van der Waals surface area contributed by atoms with Crippen LogP contribution in [0, 0.1) is 0 Å². The van der Waals surface area contributed by atoms with Gasteiger partial charge in [-0.25, -0.2) is 4.58 Å². The maximum Gasteiger partial charge on any atom is 0.199 e. The second kappa shape index (κ2) is 29.9. The molecule has 1 aliphatic carbocycles. The van der Waals surface area contributed by atoms with Crippen LogP contribution in [-0.4, -0.2) is 185 Å². The van der Waals surface area contributed by atoms with E-state index in [0.29, 0.717) is 52.4 Å². The van der Waals surface area contributed by atoms with Gasteiger partial charge in [0.2, 0.25) is 0 Å². The number of aliphatic hydroxyl groups is 8. The molecule has 0 amide bonds. The third-order valence-corrected chi connectivity index (χ3v) is 12.6. The molecule has 0 unspecified atom stereocenters. The Bertz CT molecular complexity index is 2310. The third kappa shape index (κ3) is 15.8. The topological polar surface area (TPSA) is 181 Å². The quantitative estimate of drug-likeness (QED) is 0.0289. The van der Waals surface area contributed by atoms with Crippen LogP contribution in [0.15, 0.2) is 151 Å².